The van der Waals surface area contributed by atoms with E-state index < -0.39 is 6.09 Å². The third-order valence-electron chi connectivity index (χ3n) is 5.76. The number of oxazole rings is 1. The van der Waals surface area contributed by atoms with E-state index in [9.17, 15) is 4.79 Å². The van der Waals surface area contributed by atoms with Crippen LogP contribution in [-0.4, -0.2) is 48.9 Å². The van der Waals surface area contributed by atoms with Gasteiger partial charge in [0.25, 0.3) is 0 Å². The van der Waals surface area contributed by atoms with E-state index in [1.54, 1.807) is 18.6 Å². The molecule has 0 aliphatic carbocycles. The predicted octanol–water partition coefficient (Wildman–Crippen LogP) is 4.16. The lowest BCUT2D eigenvalue weighted by atomic mass is 10.1. The van der Waals surface area contributed by atoms with Crippen molar-refractivity contribution in [2.24, 2.45) is 0 Å². The van der Waals surface area contributed by atoms with Gasteiger partial charge in [-0.05, 0) is 18.9 Å². The molecule has 4 heterocycles. The summed E-state index contributed by atoms with van der Waals surface area (Å²) < 4.78 is 7.86. The Bertz CT molecular complexity index is 1240. The molecule has 0 unspecified atom stereocenters. The fraction of sp³-hybridized carbons (Fsp3) is 0.217. The van der Waals surface area contributed by atoms with Gasteiger partial charge in [-0.1, -0.05) is 30.3 Å². The first kappa shape index (κ1) is 19.8. The highest BCUT2D eigenvalue weighted by Gasteiger charge is 2.24. The molecule has 3 aromatic heterocycles. The molecule has 0 bridgehead atoms. The minimum Gasteiger partial charge on any atom is -0.465 e. The van der Waals surface area contributed by atoms with E-state index in [-0.39, 0.29) is 6.04 Å². The lowest BCUT2D eigenvalue weighted by Gasteiger charge is -2.30. The third-order valence-corrected chi connectivity index (χ3v) is 5.76. The predicted molar refractivity (Wildman–Crippen MR) is 119 cm³/mol. The highest BCUT2D eigenvalue weighted by molar-refractivity contribution is 5.75. The topological polar surface area (TPSA) is 123 Å². The fourth-order valence-electron chi connectivity index (χ4n) is 3.95. The summed E-state index contributed by atoms with van der Waals surface area (Å²) in [5, 5.41) is 13.6. The number of pyridine rings is 1. The van der Waals surface area contributed by atoms with Crippen molar-refractivity contribution >= 4 is 11.9 Å². The summed E-state index contributed by atoms with van der Waals surface area (Å²) >= 11 is 0. The SMILES string of the molecule is Nc1ncc(-c2cnn(C3CCN(C(=O)O)CC3)c2)cc1-c1ncc(-c2ccccc2)o1. The third kappa shape index (κ3) is 3.80. The Morgan fingerprint density at radius 1 is 1.03 bits per heavy atom. The normalized spacial score (nSPS) is 14.6. The molecule has 3 N–H and O–H groups in total. The van der Waals surface area contributed by atoms with Crippen molar-refractivity contribution in [3.8, 4) is 33.9 Å². The number of hydrogen-bond acceptors (Lipinski definition) is 6. The first-order valence-corrected chi connectivity index (χ1v) is 10.4. The van der Waals surface area contributed by atoms with Crippen molar-refractivity contribution in [3.63, 3.8) is 0 Å². The lowest BCUT2D eigenvalue weighted by Crippen LogP contribution is -2.38. The van der Waals surface area contributed by atoms with Crippen molar-refractivity contribution < 1.29 is 14.3 Å². The van der Waals surface area contributed by atoms with Crippen molar-refractivity contribution in [2.45, 2.75) is 18.9 Å². The molecular formula is C23H22N6O3. The first-order valence-electron chi connectivity index (χ1n) is 10.4. The molecule has 0 spiro atoms. The first-order chi connectivity index (χ1) is 15.6. The maximum atomic E-state index is 11.1. The number of rotatable bonds is 4. The average Bonchev–Trinajstić information content (AvgIpc) is 3.51. The smallest absolute Gasteiger partial charge is 0.407 e. The van der Waals surface area contributed by atoms with Crippen molar-refractivity contribution in [2.75, 3.05) is 18.8 Å². The molecule has 0 atom stereocenters. The van der Waals surface area contributed by atoms with Crippen molar-refractivity contribution in [1.82, 2.24) is 24.6 Å². The average molecular weight is 430 g/mol. The number of nitrogen functional groups attached to an aromatic ring is 1. The zero-order valence-corrected chi connectivity index (χ0v) is 17.3. The molecule has 1 fully saturated rings. The molecule has 5 rings (SSSR count). The van der Waals surface area contributed by atoms with Crippen LogP contribution in [0.15, 0.2) is 65.6 Å². The minimum atomic E-state index is -0.868. The van der Waals surface area contributed by atoms with Crippen LogP contribution in [0.25, 0.3) is 33.9 Å². The monoisotopic (exact) mass is 430 g/mol. The van der Waals surface area contributed by atoms with E-state index in [1.807, 2.05) is 47.3 Å². The molecule has 162 valence electrons. The summed E-state index contributed by atoms with van der Waals surface area (Å²) in [6.45, 7) is 1.02. The largest absolute Gasteiger partial charge is 0.465 e. The van der Waals surface area contributed by atoms with Gasteiger partial charge >= 0.3 is 6.09 Å². The Balaban J connectivity index is 1.38. The maximum absolute atomic E-state index is 11.1. The van der Waals surface area contributed by atoms with E-state index in [2.05, 4.69) is 15.1 Å². The molecular weight excluding hydrogens is 408 g/mol. The van der Waals surface area contributed by atoms with Crippen molar-refractivity contribution in [3.05, 3.63) is 61.2 Å². The van der Waals surface area contributed by atoms with E-state index in [4.69, 9.17) is 15.3 Å². The fourth-order valence-corrected chi connectivity index (χ4v) is 3.95. The number of anilines is 1. The summed E-state index contributed by atoms with van der Waals surface area (Å²) in [6, 6.07) is 11.8. The van der Waals surface area contributed by atoms with Crippen molar-refractivity contribution in [1.29, 1.82) is 0 Å². The minimum absolute atomic E-state index is 0.167. The molecule has 1 saturated heterocycles. The number of piperidine rings is 1. The zero-order valence-electron chi connectivity index (χ0n) is 17.3. The number of carboxylic acid groups (broad SMARTS) is 1. The van der Waals surface area contributed by atoms with E-state index in [0.29, 0.717) is 36.1 Å². The van der Waals surface area contributed by atoms with E-state index in [0.717, 1.165) is 29.5 Å². The summed E-state index contributed by atoms with van der Waals surface area (Å²) in [5.74, 6) is 1.40. The number of carbonyl (C=O) groups is 1. The molecule has 4 aromatic rings. The Labute approximate surface area is 184 Å². The lowest BCUT2D eigenvalue weighted by molar-refractivity contribution is 0.124. The van der Waals surface area contributed by atoms with E-state index in [1.165, 1.54) is 4.90 Å². The Hall–Kier alpha value is -4.14. The maximum Gasteiger partial charge on any atom is 0.407 e. The number of likely N-dealkylation sites (tertiary alicyclic amines) is 1. The van der Waals surface area contributed by atoms with Crippen LogP contribution in [0.2, 0.25) is 0 Å². The second kappa shape index (κ2) is 8.18. The molecule has 9 nitrogen and oxygen atoms in total. The molecule has 9 heteroatoms. The van der Waals surface area contributed by atoms with Crippen LogP contribution < -0.4 is 5.73 Å². The summed E-state index contributed by atoms with van der Waals surface area (Å²) in [6.07, 6.45) is 7.72. The molecule has 1 amide bonds. The second-order valence-electron chi connectivity index (χ2n) is 7.76. The Morgan fingerprint density at radius 2 is 1.81 bits per heavy atom. The van der Waals surface area contributed by atoms with Gasteiger partial charge in [0.2, 0.25) is 5.89 Å². The van der Waals surface area contributed by atoms with Gasteiger partial charge < -0.3 is 20.2 Å². The van der Waals surface area contributed by atoms with Gasteiger partial charge in [-0.3, -0.25) is 4.68 Å². The van der Waals surface area contributed by atoms with Crippen LogP contribution >= 0.6 is 0 Å². The molecule has 0 radical (unpaired) electrons. The number of nitrogens with zero attached hydrogens (tertiary/aromatic N) is 5. The van der Waals surface area contributed by atoms with Crippen LogP contribution in [0, 0.1) is 0 Å². The molecule has 1 aliphatic heterocycles. The summed E-state index contributed by atoms with van der Waals surface area (Å²) in [5.41, 5.74) is 9.42. The molecule has 1 aromatic carbocycles. The Morgan fingerprint density at radius 3 is 2.56 bits per heavy atom. The second-order valence-corrected chi connectivity index (χ2v) is 7.76. The highest BCUT2D eigenvalue weighted by atomic mass is 16.4. The molecule has 32 heavy (non-hydrogen) atoms. The van der Waals surface area contributed by atoms with Crippen LogP contribution in [0.3, 0.4) is 0 Å². The quantitative estimate of drug-likeness (QED) is 0.498. The summed E-state index contributed by atoms with van der Waals surface area (Å²) in [7, 11) is 0. The number of nitrogens with two attached hydrogens (primary N) is 1. The Kier molecular flexibility index (Phi) is 5.06. The van der Waals surface area contributed by atoms with Crippen LogP contribution in [0.1, 0.15) is 18.9 Å². The standard InChI is InChI=1S/C23H22N6O3/c24-21-19(22-26-13-20(32-22)15-4-2-1-3-5-15)10-16(11-25-21)17-12-27-29(14-17)18-6-8-28(9-7-18)23(30)31/h1-5,10-14,18H,6-9H2,(H2,24,25)(H,30,31). The number of aromatic nitrogens is 4. The number of benzene rings is 1. The molecule has 0 saturated carbocycles. The van der Waals surface area contributed by atoms with Gasteiger partial charge in [0.15, 0.2) is 5.76 Å². The van der Waals surface area contributed by atoms with Gasteiger partial charge in [-0.2, -0.15) is 5.10 Å². The van der Waals surface area contributed by atoms with Crippen LogP contribution in [0.5, 0.6) is 0 Å². The molecule has 1 aliphatic rings. The van der Waals surface area contributed by atoms with Gasteiger partial charge in [0.05, 0.1) is 24.0 Å². The summed E-state index contributed by atoms with van der Waals surface area (Å²) in [4.78, 5) is 21.3. The van der Waals surface area contributed by atoms with Gasteiger partial charge in [-0.15, -0.1) is 0 Å². The van der Waals surface area contributed by atoms with Gasteiger partial charge in [-0.25, -0.2) is 14.8 Å². The highest BCUT2D eigenvalue weighted by Crippen LogP contribution is 2.32. The number of hydrogen-bond donors (Lipinski definition) is 2. The number of amides is 1. The van der Waals surface area contributed by atoms with Crippen LogP contribution in [-0.2, 0) is 0 Å². The van der Waals surface area contributed by atoms with Gasteiger partial charge in [0.1, 0.15) is 5.82 Å². The van der Waals surface area contributed by atoms with E-state index >= 15 is 0 Å². The zero-order chi connectivity index (χ0) is 22.1. The van der Waals surface area contributed by atoms with Crippen LogP contribution in [0.4, 0.5) is 10.6 Å². The van der Waals surface area contributed by atoms with Gasteiger partial charge in [0, 0.05) is 42.2 Å².